The molecule has 2 N–H and O–H groups in total. The van der Waals surface area contributed by atoms with Crippen LogP contribution in [0.1, 0.15) is 44.3 Å². The molecule has 0 spiro atoms. The molecule has 0 aliphatic carbocycles. The van der Waals surface area contributed by atoms with Crippen molar-refractivity contribution in [3.63, 3.8) is 0 Å². The van der Waals surface area contributed by atoms with Crippen LogP contribution in [0.3, 0.4) is 0 Å². The van der Waals surface area contributed by atoms with Gasteiger partial charge >= 0.3 is 5.69 Å². The molecule has 2 saturated heterocycles. The zero-order valence-electron chi connectivity index (χ0n) is 20.8. The number of anilines is 1. The van der Waals surface area contributed by atoms with E-state index in [2.05, 4.69) is 35.9 Å². The number of nitrogens with one attached hydrogen (secondary N) is 2. The fourth-order valence-electron chi connectivity index (χ4n) is 5.71. The number of halogens is 2. The van der Waals surface area contributed by atoms with Gasteiger partial charge in [0.1, 0.15) is 23.5 Å². The smallest absolute Gasteiger partial charge is 0.327 e. The maximum atomic E-state index is 13.8. The summed E-state index contributed by atoms with van der Waals surface area (Å²) in [5.74, 6) is 1.70. The van der Waals surface area contributed by atoms with Crippen molar-refractivity contribution in [1.82, 2.24) is 34.4 Å². The first-order chi connectivity index (χ1) is 18.0. The quantitative estimate of drug-likeness (QED) is 0.397. The Bertz CT molecular complexity index is 1480. The maximum Gasteiger partial charge on any atom is 0.327 e. The van der Waals surface area contributed by atoms with Gasteiger partial charge < -0.3 is 14.8 Å². The molecule has 1 unspecified atom stereocenters. The fourth-order valence-corrected chi connectivity index (χ4v) is 5.89. The molecular weight excluding hydrogens is 495 g/mol. The van der Waals surface area contributed by atoms with E-state index in [0.29, 0.717) is 18.2 Å². The number of H-pyrrole nitrogens is 1. The second-order valence-corrected chi connectivity index (χ2v) is 10.3. The minimum absolute atomic E-state index is 0.103. The highest BCUT2D eigenvalue weighted by Gasteiger charge is 2.29. The van der Waals surface area contributed by atoms with Crippen molar-refractivity contribution < 1.29 is 4.39 Å². The molecule has 2 aliphatic rings. The van der Waals surface area contributed by atoms with Gasteiger partial charge in [-0.2, -0.15) is 0 Å². The first-order valence-electron chi connectivity index (χ1n) is 13.0. The summed E-state index contributed by atoms with van der Waals surface area (Å²) < 4.78 is 17.8. The molecule has 0 bridgehead atoms. The van der Waals surface area contributed by atoms with Crippen molar-refractivity contribution in [2.24, 2.45) is 0 Å². The van der Waals surface area contributed by atoms with Crippen LogP contribution < -0.4 is 15.9 Å². The molecule has 1 aromatic carbocycles. The maximum absolute atomic E-state index is 13.8. The summed E-state index contributed by atoms with van der Waals surface area (Å²) >= 11 is 6.08. The van der Waals surface area contributed by atoms with Crippen LogP contribution in [0.2, 0.25) is 5.02 Å². The molecule has 0 radical (unpaired) electrons. The molecule has 11 heteroatoms. The highest BCUT2D eigenvalue weighted by Crippen LogP contribution is 2.34. The van der Waals surface area contributed by atoms with Crippen molar-refractivity contribution in [2.45, 2.75) is 57.7 Å². The number of nitrogens with zero attached hydrogens (tertiary/aromatic N) is 6. The van der Waals surface area contributed by atoms with Crippen LogP contribution in [0.25, 0.3) is 22.4 Å². The van der Waals surface area contributed by atoms with Crippen LogP contribution in [-0.2, 0) is 13.1 Å². The number of rotatable bonds is 6. The molecule has 6 rings (SSSR count). The van der Waals surface area contributed by atoms with Gasteiger partial charge in [-0.05, 0) is 57.4 Å². The Balaban J connectivity index is 1.28. The van der Waals surface area contributed by atoms with Gasteiger partial charge in [0.05, 0.1) is 10.7 Å². The number of fused-ring (bicyclic) bond motifs is 1. The lowest BCUT2D eigenvalue weighted by Gasteiger charge is -2.33. The zero-order chi connectivity index (χ0) is 25.5. The third-order valence-corrected chi connectivity index (χ3v) is 7.91. The second kappa shape index (κ2) is 9.90. The fraction of sp³-hybridized carbons (Fsp3) is 0.462. The van der Waals surface area contributed by atoms with Gasteiger partial charge in [0.2, 0.25) is 0 Å². The lowest BCUT2D eigenvalue weighted by atomic mass is 9.95. The number of hydrogen-bond donors (Lipinski definition) is 2. The lowest BCUT2D eigenvalue weighted by molar-refractivity contribution is 0.438. The summed E-state index contributed by atoms with van der Waals surface area (Å²) in [5.41, 5.74) is 2.80. The van der Waals surface area contributed by atoms with E-state index in [1.807, 2.05) is 6.92 Å². The van der Waals surface area contributed by atoms with Crippen LogP contribution in [-0.4, -0.2) is 54.7 Å². The van der Waals surface area contributed by atoms with E-state index in [1.54, 1.807) is 16.7 Å². The molecule has 2 aliphatic heterocycles. The summed E-state index contributed by atoms with van der Waals surface area (Å²) in [6.07, 6.45) is 7.74. The average molecular weight is 525 g/mol. The topological polar surface area (TPSA) is 96.7 Å². The number of benzene rings is 1. The summed E-state index contributed by atoms with van der Waals surface area (Å²) in [4.78, 5) is 31.3. The highest BCUT2D eigenvalue weighted by atomic mass is 35.5. The summed E-state index contributed by atoms with van der Waals surface area (Å²) in [7, 11) is 0. The van der Waals surface area contributed by atoms with Gasteiger partial charge in [-0.3, -0.25) is 9.55 Å². The van der Waals surface area contributed by atoms with Crippen molar-refractivity contribution in [3.8, 4) is 11.3 Å². The van der Waals surface area contributed by atoms with Gasteiger partial charge in [-0.1, -0.05) is 11.6 Å². The van der Waals surface area contributed by atoms with Gasteiger partial charge in [-0.15, -0.1) is 0 Å². The molecule has 9 nitrogen and oxygen atoms in total. The molecule has 37 heavy (non-hydrogen) atoms. The zero-order valence-corrected chi connectivity index (χ0v) is 21.5. The van der Waals surface area contributed by atoms with Crippen LogP contribution in [0.5, 0.6) is 0 Å². The Kier molecular flexibility index (Phi) is 6.46. The van der Waals surface area contributed by atoms with Gasteiger partial charge in [0, 0.05) is 49.9 Å². The number of aryl methyl sites for hydroxylation is 1. The monoisotopic (exact) mass is 524 g/mol. The summed E-state index contributed by atoms with van der Waals surface area (Å²) in [6.45, 7) is 6.00. The van der Waals surface area contributed by atoms with Gasteiger partial charge in [0.15, 0.2) is 11.5 Å². The van der Waals surface area contributed by atoms with Crippen molar-refractivity contribution >= 4 is 28.6 Å². The van der Waals surface area contributed by atoms with Crippen LogP contribution in [0.4, 0.5) is 10.2 Å². The van der Waals surface area contributed by atoms with Gasteiger partial charge in [-0.25, -0.2) is 24.1 Å². The molecule has 194 valence electrons. The summed E-state index contributed by atoms with van der Waals surface area (Å²) in [6, 6.07) is 5.20. The highest BCUT2D eigenvalue weighted by molar-refractivity contribution is 6.31. The number of imidazole rings is 2. The number of hydrogen-bond acceptors (Lipinski definition) is 6. The molecule has 1 atom stereocenters. The van der Waals surface area contributed by atoms with Crippen molar-refractivity contribution in [2.75, 3.05) is 24.5 Å². The largest absolute Gasteiger partial charge is 0.355 e. The van der Waals surface area contributed by atoms with E-state index in [9.17, 15) is 9.18 Å². The van der Waals surface area contributed by atoms with E-state index < -0.39 is 5.82 Å². The first-order valence-corrected chi connectivity index (χ1v) is 13.3. The minimum Gasteiger partial charge on any atom is -0.355 e. The number of aromatic amines is 1. The van der Waals surface area contributed by atoms with Crippen LogP contribution in [0, 0.1) is 5.82 Å². The van der Waals surface area contributed by atoms with E-state index in [4.69, 9.17) is 16.6 Å². The number of piperidine rings is 1. The molecule has 3 aromatic heterocycles. The molecule has 0 amide bonds. The normalized spacial score (nSPS) is 18.8. The molecule has 4 aromatic rings. The molecule has 2 fully saturated rings. The van der Waals surface area contributed by atoms with Crippen LogP contribution >= 0.6 is 11.6 Å². The standard InChI is InChI=1S/C26H30ClFN8O/c1-2-36-22-23(33-26(36)37)30-15-31-25(22)34-10-7-16(8-11-34)24-32-21(17-5-6-20(28)19(27)12-17)14-35(24)13-18-4-3-9-29-18/h5-6,12,14-16,18,29H,2-4,7-11,13H2,1H3,(H,30,31,33,37). The Labute approximate surface area is 218 Å². The Morgan fingerprint density at radius 3 is 2.76 bits per heavy atom. The summed E-state index contributed by atoms with van der Waals surface area (Å²) in [5, 5.41) is 3.69. The van der Waals surface area contributed by atoms with E-state index >= 15 is 0 Å². The third-order valence-electron chi connectivity index (χ3n) is 7.62. The molecule has 5 heterocycles. The second-order valence-electron chi connectivity index (χ2n) is 9.89. The third kappa shape index (κ3) is 4.53. The minimum atomic E-state index is -0.428. The Hall–Kier alpha value is -3.24. The van der Waals surface area contributed by atoms with E-state index in [-0.39, 0.29) is 16.6 Å². The predicted octanol–water partition coefficient (Wildman–Crippen LogP) is 3.93. The SMILES string of the molecule is CCn1c(=O)[nH]c2ncnc(N3CCC(c4nc(-c5ccc(F)c(Cl)c5)cn4CC4CCCN4)CC3)c21. The van der Waals surface area contributed by atoms with E-state index in [0.717, 1.165) is 73.9 Å². The Morgan fingerprint density at radius 1 is 1.19 bits per heavy atom. The first kappa shape index (κ1) is 24.1. The van der Waals surface area contributed by atoms with E-state index in [1.165, 1.54) is 18.8 Å². The van der Waals surface area contributed by atoms with Crippen molar-refractivity contribution in [3.05, 3.63) is 57.9 Å². The van der Waals surface area contributed by atoms with Gasteiger partial charge in [0.25, 0.3) is 0 Å². The Morgan fingerprint density at radius 2 is 2.03 bits per heavy atom. The molecular formula is C26H30ClFN8O. The molecule has 0 saturated carbocycles. The van der Waals surface area contributed by atoms with Crippen molar-refractivity contribution in [1.29, 1.82) is 0 Å². The number of aromatic nitrogens is 6. The predicted molar refractivity (Wildman–Crippen MR) is 142 cm³/mol. The average Bonchev–Trinajstić information content (AvgIpc) is 3.64. The van der Waals surface area contributed by atoms with Crippen LogP contribution in [0.15, 0.2) is 35.5 Å². The lowest BCUT2D eigenvalue weighted by Crippen LogP contribution is -2.35.